The number of anilines is 1. The van der Waals surface area contributed by atoms with E-state index in [4.69, 9.17) is 5.73 Å². The fourth-order valence-corrected chi connectivity index (χ4v) is 3.37. The molecule has 1 fully saturated rings. The number of pyridine rings is 1. The van der Waals surface area contributed by atoms with Crippen molar-refractivity contribution in [1.82, 2.24) is 4.98 Å². The monoisotopic (exact) mass is 251 g/mol. The highest BCUT2D eigenvalue weighted by Crippen LogP contribution is 2.29. The fraction of sp³-hybridized carbons (Fsp3) is 0.615. The lowest BCUT2D eigenvalue weighted by Crippen LogP contribution is -2.45. The molecule has 1 aromatic rings. The lowest BCUT2D eigenvalue weighted by molar-refractivity contribution is 0.617. The third-order valence-corrected chi connectivity index (χ3v) is 4.78. The fourth-order valence-electron chi connectivity index (χ4n) is 2.27. The minimum absolute atomic E-state index is 0.542. The Morgan fingerprint density at radius 1 is 1.53 bits per heavy atom. The predicted molar refractivity (Wildman–Crippen MR) is 75.7 cm³/mol. The zero-order chi connectivity index (χ0) is 12.3. The van der Waals surface area contributed by atoms with E-state index in [9.17, 15) is 0 Å². The van der Waals surface area contributed by atoms with E-state index in [0.29, 0.717) is 17.8 Å². The first-order valence-electron chi connectivity index (χ1n) is 6.26. The highest BCUT2D eigenvalue weighted by atomic mass is 32.2. The Hall–Kier alpha value is -0.740. The molecule has 0 saturated carbocycles. The Morgan fingerprint density at radius 2 is 2.35 bits per heavy atom. The van der Waals surface area contributed by atoms with E-state index in [1.165, 1.54) is 11.3 Å². The van der Waals surface area contributed by atoms with Crippen LogP contribution in [0.5, 0.6) is 0 Å². The molecule has 2 atom stereocenters. The second-order valence-electron chi connectivity index (χ2n) is 4.53. The van der Waals surface area contributed by atoms with Gasteiger partial charge in [0.25, 0.3) is 0 Å². The third kappa shape index (κ3) is 2.75. The Morgan fingerprint density at radius 3 is 3.12 bits per heavy atom. The molecule has 94 valence electrons. The maximum Gasteiger partial charge on any atom is 0.132 e. The van der Waals surface area contributed by atoms with Gasteiger partial charge in [0, 0.05) is 29.8 Å². The summed E-state index contributed by atoms with van der Waals surface area (Å²) < 4.78 is 0. The van der Waals surface area contributed by atoms with Crippen LogP contribution in [-0.2, 0) is 6.42 Å². The summed E-state index contributed by atoms with van der Waals surface area (Å²) in [6, 6.07) is 4.69. The smallest absolute Gasteiger partial charge is 0.132 e. The summed E-state index contributed by atoms with van der Waals surface area (Å²) in [5.74, 6) is 2.32. The van der Waals surface area contributed by atoms with Crippen molar-refractivity contribution in [3.8, 4) is 0 Å². The maximum atomic E-state index is 5.67. The molecule has 0 aliphatic carbocycles. The third-order valence-electron chi connectivity index (χ3n) is 3.44. The Bertz CT molecular complexity index is 369. The second-order valence-corrected chi connectivity index (χ2v) is 6.02. The predicted octanol–water partition coefficient (Wildman–Crippen LogP) is 1.91. The lowest BCUT2D eigenvalue weighted by Gasteiger charge is -2.39. The van der Waals surface area contributed by atoms with Gasteiger partial charge in [-0.25, -0.2) is 4.98 Å². The zero-order valence-electron chi connectivity index (χ0n) is 10.6. The van der Waals surface area contributed by atoms with E-state index in [0.717, 1.165) is 18.8 Å². The van der Waals surface area contributed by atoms with Gasteiger partial charge in [-0.1, -0.05) is 13.0 Å². The van der Waals surface area contributed by atoms with E-state index in [-0.39, 0.29) is 0 Å². The molecule has 1 aliphatic rings. The van der Waals surface area contributed by atoms with Crippen molar-refractivity contribution >= 4 is 17.6 Å². The van der Waals surface area contributed by atoms with Crippen molar-refractivity contribution in [1.29, 1.82) is 0 Å². The van der Waals surface area contributed by atoms with E-state index in [1.54, 1.807) is 0 Å². The van der Waals surface area contributed by atoms with Crippen molar-refractivity contribution in [3.05, 3.63) is 23.9 Å². The van der Waals surface area contributed by atoms with Crippen LogP contribution in [-0.4, -0.2) is 35.1 Å². The van der Waals surface area contributed by atoms with Crippen LogP contribution in [0.25, 0.3) is 0 Å². The number of hydrogen-bond donors (Lipinski definition) is 1. The average molecular weight is 251 g/mol. The molecular formula is C13H21N3S. The number of nitrogens with two attached hydrogens (primary N) is 1. The number of aromatic nitrogens is 1. The molecular weight excluding hydrogens is 230 g/mol. The van der Waals surface area contributed by atoms with Crippen LogP contribution in [0.3, 0.4) is 0 Å². The molecule has 0 bridgehead atoms. The molecule has 1 aliphatic heterocycles. The van der Waals surface area contributed by atoms with Crippen LogP contribution in [0, 0.1) is 0 Å². The molecule has 3 nitrogen and oxygen atoms in total. The van der Waals surface area contributed by atoms with Gasteiger partial charge in [0.05, 0.1) is 0 Å². The van der Waals surface area contributed by atoms with E-state index in [2.05, 4.69) is 29.8 Å². The van der Waals surface area contributed by atoms with Crippen molar-refractivity contribution < 1.29 is 0 Å². The summed E-state index contributed by atoms with van der Waals surface area (Å²) in [7, 11) is 0. The summed E-state index contributed by atoms with van der Waals surface area (Å²) in [5.41, 5.74) is 6.95. The Balaban J connectivity index is 2.25. The standard InChI is InChI=1S/C13H21N3S/c1-10-11(2)17-9-8-16(10)13-12(5-6-14)4-3-7-15-13/h3-4,7,10-11H,5-6,8-9,14H2,1-2H3. The first-order valence-corrected chi connectivity index (χ1v) is 7.31. The topological polar surface area (TPSA) is 42.2 Å². The molecule has 17 heavy (non-hydrogen) atoms. The number of hydrogen-bond acceptors (Lipinski definition) is 4. The Kier molecular flexibility index (Phi) is 4.29. The molecule has 2 heterocycles. The molecule has 2 unspecified atom stereocenters. The first kappa shape index (κ1) is 12.7. The van der Waals surface area contributed by atoms with Gasteiger partial charge >= 0.3 is 0 Å². The maximum absolute atomic E-state index is 5.67. The van der Waals surface area contributed by atoms with Crippen LogP contribution in [0.1, 0.15) is 19.4 Å². The number of rotatable bonds is 3. The van der Waals surface area contributed by atoms with Crippen molar-refractivity contribution in [2.24, 2.45) is 5.73 Å². The van der Waals surface area contributed by atoms with Crippen LogP contribution < -0.4 is 10.6 Å². The quantitative estimate of drug-likeness (QED) is 0.891. The van der Waals surface area contributed by atoms with E-state index in [1.807, 2.05) is 24.0 Å². The van der Waals surface area contributed by atoms with E-state index >= 15 is 0 Å². The summed E-state index contributed by atoms with van der Waals surface area (Å²) in [4.78, 5) is 7.00. The second kappa shape index (κ2) is 5.74. The Labute approximate surface area is 108 Å². The highest BCUT2D eigenvalue weighted by Gasteiger charge is 2.27. The van der Waals surface area contributed by atoms with Gasteiger partial charge in [-0.3, -0.25) is 0 Å². The van der Waals surface area contributed by atoms with Gasteiger partial charge in [-0.05, 0) is 31.5 Å². The van der Waals surface area contributed by atoms with Gasteiger partial charge in [0.1, 0.15) is 5.82 Å². The molecule has 0 spiro atoms. The molecule has 1 aromatic heterocycles. The largest absolute Gasteiger partial charge is 0.352 e. The van der Waals surface area contributed by atoms with Crippen LogP contribution in [0.2, 0.25) is 0 Å². The number of thioether (sulfide) groups is 1. The number of nitrogens with zero attached hydrogens (tertiary/aromatic N) is 2. The molecule has 2 N–H and O–H groups in total. The summed E-state index contributed by atoms with van der Waals surface area (Å²) in [6.07, 6.45) is 2.79. The van der Waals surface area contributed by atoms with Gasteiger partial charge in [-0.2, -0.15) is 11.8 Å². The normalized spacial score (nSPS) is 25.0. The SMILES string of the molecule is CC1SCCN(c2ncccc2CCN)C1C. The summed E-state index contributed by atoms with van der Waals surface area (Å²) in [6.45, 7) is 6.36. The van der Waals surface area contributed by atoms with Crippen LogP contribution in [0.15, 0.2) is 18.3 Å². The average Bonchev–Trinajstić information content (AvgIpc) is 2.34. The van der Waals surface area contributed by atoms with Crippen molar-refractivity contribution in [3.63, 3.8) is 0 Å². The molecule has 4 heteroatoms. The van der Waals surface area contributed by atoms with Crippen molar-refractivity contribution in [2.75, 3.05) is 23.7 Å². The minimum Gasteiger partial charge on any atom is -0.352 e. The minimum atomic E-state index is 0.542. The lowest BCUT2D eigenvalue weighted by atomic mass is 10.1. The summed E-state index contributed by atoms with van der Waals surface area (Å²) in [5, 5.41) is 0.663. The molecule has 1 saturated heterocycles. The van der Waals surface area contributed by atoms with E-state index < -0.39 is 0 Å². The van der Waals surface area contributed by atoms with Gasteiger partial charge < -0.3 is 10.6 Å². The van der Waals surface area contributed by atoms with Crippen LogP contribution >= 0.6 is 11.8 Å². The van der Waals surface area contributed by atoms with Gasteiger partial charge in [-0.15, -0.1) is 0 Å². The van der Waals surface area contributed by atoms with Gasteiger partial charge in [0.15, 0.2) is 0 Å². The zero-order valence-corrected chi connectivity index (χ0v) is 11.4. The molecule has 0 radical (unpaired) electrons. The summed E-state index contributed by atoms with van der Waals surface area (Å²) >= 11 is 2.05. The highest BCUT2D eigenvalue weighted by molar-refractivity contribution is 8.00. The van der Waals surface area contributed by atoms with Crippen LogP contribution in [0.4, 0.5) is 5.82 Å². The molecule has 2 rings (SSSR count). The molecule has 0 aromatic carbocycles. The van der Waals surface area contributed by atoms with Crippen molar-refractivity contribution in [2.45, 2.75) is 31.6 Å². The molecule has 0 amide bonds. The van der Waals surface area contributed by atoms with Gasteiger partial charge in [0.2, 0.25) is 0 Å². The first-order chi connectivity index (χ1) is 8.24.